The SMILES string of the molecule is CCOc1ccc(NC(=O)[C@@H]2CCCN(C(N)=O)C2)cc1. The third kappa shape index (κ3) is 4.11. The number of rotatable bonds is 4. The zero-order valence-electron chi connectivity index (χ0n) is 12.2. The first-order chi connectivity index (χ1) is 10.1. The lowest BCUT2D eigenvalue weighted by Crippen LogP contribution is -2.46. The van der Waals surface area contributed by atoms with Crippen LogP contribution in [0.1, 0.15) is 19.8 Å². The normalized spacial score (nSPS) is 18.1. The molecule has 0 unspecified atom stereocenters. The Morgan fingerprint density at radius 3 is 2.71 bits per heavy atom. The van der Waals surface area contributed by atoms with Gasteiger partial charge in [-0.15, -0.1) is 0 Å². The first-order valence-electron chi connectivity index (χ1n) is 7.18. The third-order valence-corrected chi connectivity index (χ3v) is 3.54. The van der Waals surface area contributed by atoms with Crippen molar-refractivity contribution in [3.8, 4) is 5.75 Å². The zero-order valence-corrected chi connectivity index (χ0v) is 12.2. The van der Waals surface area contributed by atoms with Crippen LogP contribution in [0.25, 0.3) is 0 Å². The second-order valence-corrected chi connectivity index (χ2v) is 5.07. The van der Waals surface area contributed by atoms with Gasteiger partial charge in [0, 0.05) is 18.8 Å². The van der Waals surface area contributed by atoms with Crippen molar-refractivity contribution in [1.29, 1.82) is 0 Å². The smallest absolute Gasteiger partial charge is 0.314 e. The van der Waals surface area contributed by atoms with E-state index in [1.807, 2.05) is 19.1 Å². The predicted octanol–water partition coefficient (Wildman–Crippen LogP) is 1.81. The van der Waals surface area contributed by atoms with E-state index in [9.17, 15) is 9.59 Å². The minimum absolute atomic E-state index is 0.0786. The quantitative estimate of drug-likeness (QED) is 0.887. The molecule has 1 fully saturated rings. The molecule has 0 saturated carbocycles. The van der Waals surface area contributed by atoms with Crippen LogP contribution in [0.3, 0.4) is 0 Å². The Hall–Kier alpha value is -2.24. The molecule has 1 atom stereocenters. The van der Waals surface area contributed by atoms with Gasteiger partial charge >= 0.3 is 6.03 Å². The van der Waals surface area contributed by atoms with Crippen LogP contribution in [0.4, 0.5) is 10.5 Å². The maximum Gasteiger partial charge on any atom is 0.314 e. The van der Waals surface area contributed by atoms with Gasteiger partial charge in [0.1, 0.15) is 5.75 Å². The Bertz CT molecular complexity index is 501. The van der Waals surface area contributed by atoms with Gasteiger partial charge in [-0.05, 0) is 44.0 Å². The van der Waals surface area contributed by atoms with Gasteiger partial charge in [-0.1, -0.05) is 0 Å². The second kappa shape index (κ2) is 6.97. The number of hydrogen-bond acceptors (Lipinski definition) is 3. The molecule has 1 aromatic rings. The van der Waals surface area contributed by atoms with Gasteiger partial charge in [0.25, 0.3) is 0 Å². The Labute approximate surface area is 124 Å². The van der Waals surface area contributed by atoms with Gasteiger partial charge in [0.05, 0.1) is 12.5 Å². The van der Waals surface area contributed by atoms with Crippen molar-refractivity contribution in [2.24, 2.45) is 11.7 Å². The fourth-order valence-corrected chi connectivity index (χ4v) is 2.44. The van der Waals surface area contributed by atoms with Crippen LogP contribution in [0.2, 0.25) is 0 Å². The number of carbonyl (C=O) groups excluding carboxylic acids is 2. The lowest BCUT2D eigenvalue weighted by Gasteiger charge is -2.30. The summed E-state index contributed by atoms with van der Waals surface area (Å²) in [5.41, 5.74) is 5.99. The van der Waals surface area contributed by atoms with Gasteiger partial charge in [0.15, 0.2) is 0 Å². The number of nitrogens with zero attached hydrogens (tertiary/aromatic N) is 1. The second-order valence-electron chi connectivity index (χ2n) is 5.07. The molecule has 114 valence electrons. The first-order valence-corrected chi connectivity index (χ1v) is 7.18. The number of anilines is 1. The fraction of sp³-hybridized carbons (Fsp3) is 0.467. The molecule has 21 heavy (non-hydrogen) atoms. The molecular weight excluding hydrogens is 270 g/mol. The number of amides is 3. The number of benzene rings is 1. The van der Waals surface area contributed by atoms with Crippen LogP contribution in [-0.2, 0) is 4.79 Å². The lowest BCUT2D eigenvalue weighted by molar-refractivity contribution is -0.121. The molecule has 1 saturated heterocycles. The number of primary amides is 1. The predicted molar refractivity (Wildman–Crippen MR) is 80.1 cm³/mol. The Kier molecular flexibility index (Phi) is 5.03. The minimum Gasteiger partial charge on any atom is -0.494 e. The van der Waals surface area contributed by atoms with E-state index in [1.165, 1.54) is 4.90 Å². The van der Waals surface area contributed by atoms with Crippen molar-refractivity contribution in [3.05, 3.63) is 24.3 Å². The monoisotopic (exact) mass is 291 g/mol. The first kappa shape index (κ1) is 15.2. The number of likely N-dealkylation sites (tertiary alicyclic amines) is 1. The van der Waals surface area contributed by atoms with E-state index in [2.05, 4.69) is 5.32 Å². The van der Waals surface area contributed by atoms with E-state index in [-0.39, 0.29) is 11.8 Å². The van der Waals surface area contributed by atoms with Gasteiger partial charge < -0.3 is 20.7 Å². The van der Waals surface area contributed by atoms with Crippen LogP contribution in [0, 0.1) is 5.92 Å². The summed E-state index contributed by atoms with van der Waals surface area (Å²) in [4.78, 5) is 24.9. The minimum atomic E-state index is -0.464. The molecule has 1 aromatic carbocycles. The van der Waals surface area contributed by atoms with E-state index in [0.717, 1.165) is 24.3 Å². The van der Waals surface area contributed by atoms with E-state index < -0.39 is 6.03 Å². The highest BCUT2D eigenvalue weighted by Gasteiger charge is 2.27. The fourth-order valence-electron chi connectivity index (χ4n) is 2.44. The molecule has 1 aliphatic rings. The Morgan fingerprint density at radius 1 is 1.38 bits per heavy atom. The largest absolute Gasteiger partial charge is 0.494 e. The molecule has 3 amide bonds. The highest BCUT2D eigenvalue weighted by Crippen LogP contribution is 2.20. The molecule has 0 aliphatic carbocycles. The summed E-state index contributed by atoms with van der Waals surface area (Å²) in [6.07, 6.45) is 1.57. The molecule has 0 aromatic heterocycles. The number of nitrogens with one attached hydrogen (secondary N) is 1. The van der Waals surface area contributed by atoms with Crippen LogP contribution in [-0.4, -0.2) is 36.5 Å². The topological polar surface area (TPSA) is 84.7 Å². The summed E-state index contributed by atoms with van der Waals surface area (Å²) >= 11 is 0. The molecule has 1 heterocycles. The highest BCUT2D eigenvalue weighted by molar-refractivity contribution is 5.93. The van der Waals surface area contributed by atoms with Gasteiger partial charge in [-0.3, -0.25) is 4.79 Å². The van der Waals surface area contributed by atoms with Crippen LogP contribution < -0.4 is 15.8 Å². The van der Waals surface area contributed by atoms with Gasteiger partial charge in [0.2, 0.25) is 5.91 Å². The molecule has 0 radical (unpaired) electrons. The Morgan fingerprint density at radius 2 is 2.10 bits per heavy atom. The average molecular weight is 291 g/mol. The molecule has 3 N–H and O–H groups in total. The zero-order chi connectivity index (χ0) is 15.2. The van der Waals surface area contributed by atoms with Crippen molar-refractivity contribution in [3.63, 3.8) is 0 Å². The number of urea groups is 1. The van der Waals surface area contributed by atoms with Gasteiger partial charge in [-0.25, -0.2) is 4.79 Å². The van der Waals surface area contributed by atoms with Crippen LogP contribution >= 0.6 is 0 Å². The number of hydrogen-bond donors (Lipinski definition) is 2. The summed E-state index contributed by atoms with van der Waals surface area (Å²) in [5, 5.41) is 2.87. The lowest BCUT2D eigenvalue weighted by atomic mass is 9.97. The van der Waals surface area contributed by atoms with Crippen molar-refractivity contribution in [1.82, 2.24) is 4.90 Å². The van der Waals surface area contributed by atoms with Crippen LogP contribution in [0.15, 0.2) is 24.3 Å². The maximum atomic E-state index is 12.2. The molecule has 0 spiro atoms. The molecule has 0 bridgehead atoms. The molecule has 6 nitrogen and oxygen atoms in total. The number of piperidine rings is 1. The summed E-state index contributed by atoms with van der Waals surface area (Å²) in [7, 11) is 0. The van der Waals surface area contributed by atoms with E-state index in [0.29, 0.717) is 19.7 Å². The van der Waals surface area contributed by atoms with Crippen LogP contribution in [0.5, 0.6) is 5.75 Å². The standard InChI is InChI=1S/C15H21N3O3/c1-2-21-13-7-5-12(6-8-13)17-14(19)11-4-3-9-18(10-11)15(16)20/h5-8,11H,2-4,9-10H2,1H3,(H2,16,20)(H,17,19)/t11-/m1/s1. The van der Waals surface area contributed by atoms with Crippen molar-refractivity contribution in [2.75, 3.05) is 25.0 Å². The van der Waals surface area contributed by atoms with E-state index in [1.54, 1.807) is 12.1 Å². The summed E-state index contributed by atoms with van der Waals surface area (Å²) < 4.78 is 5.35. The molecule has 1 aliphatic heterocycles. The van der Waals surface area contributed by atoms with Crippen molar-refractivity contribution >= 4 is 17.6 Å². The molecular formula is C15H21N3O3. The molecule has 6 heteroatoms. The number of carbonyl (C=O) groups is 2. The Balaban J connectivity index is 1.92. The summed E-state index contributed by atoms with van der Waals surface area (Å²) in [6.45, 7) is 3.54. The van der Waals surface area contributed by atoms with Gasteiger partial charge in [-0.2, -0.15) is 0 Å². The maximum absolute atomic E-state index is 12.2. The van der Waals surface area contributed by atoms with E-state index >= 15 is 0 Å². The van der Waals surface area contributed by atoms with Crippen molar-refractivity contribution in [2.45, 2.75) is 19.8 Å². The average Bonchev–Trinajstić information content (AvgIpc) is 2.49. The van der Waals surface area contributed by atoms with Crippen molar-refractivity contribution < 1.29 is 14.3 Å². The highest BCUT2D eigenvalue weighted by atomic mass is 16.5. The number of nitrogens with two attached hydrogens (primary N) is 1. The molecule has 2 rings (SSSR count). The number of ether oxygens (including phenoxy) is 1. The van der Waals surface area contributed by atoms with E-state index in [4.69, 9.17) is 10.5 Å². The third-order valence-electron chi connectivity index (χ3n) is 3.54. The summed E-state index contributed by atoms with van der Waals surface area (Å²) in [5.74, 6) is 0.482. The summed E-state index contributed by atoms with van der Waals surface area (Å²) in [6, 6.07) is 6.77.